The maximum Gasteiger partial charge on any atom is 0.244 e. The number of rotatable bonds is 15. The first-order valence-corrected chi connectivity index (χ1v) is 16.6. The monoisotopic (exact) mass is 629 g/mol. The van der Waals surface area contributed by atoms with Gasteiger partial charge in [-0.2, -0.15) is 0 Å². The Labute approximate surface area is 265 Å². The van der Waals surface area contributed by atoms with E-state index in [0.717, 1.165) is 28.1 Å². The fraction of sp³-hybridized carbons (Fsp3) is 0.257. The molecule has 4 aromatic rings. The van der Waals surface area contributed by atoms with Gasteiger partial charge in [-0.05, 0) is 66.1 Å². The Morgan fingerprint density at radius 1 is 0.800 bits per heavy atom. The largest absolute Gasteiger partial charge is 0.497 e. The van der Waals surface area contributed by atoms with E-state index < -0.39 is 28.5 Å². The molecular formula is C35H39N3O6S. The summed E-state index contributed by atoms with van der Waals surface area (Å²) in [5.41, 5.74) is 1.89. The van der Waals surface area contributed by atoms with Gasteiger partial charge in [0.05, 0.1) is 19.1 Å². The Hall–Kier alpha value is -4.83. The van der Waals surface area contributed by atoms with E-state index in [0.29, 0.717) is 29.5 Å². The fourth-order valence-corrected chi connectivity index (χ4v) is 5.66. The zero-order valence-corrected chi connectivity index (χ0v) is 26.6. The van der Waals surface area contributed by atoms with Crippen molar-refractivity contribution in [3.05, 3.63) is 120 Å². The van der Waals surface area contributed by atoms with Crippen LogP contribution < -0.4 is 19.1 Å². The summed E-state index contributed by atoms with van der Waals surface area (Å²) in [6, 6.07) is 31.5. The van der Waals surface area contributed by atoms with Gasteiger partial charge in [0.2, 0.25) is 21.8 Å². The first-order chi connectivity index (χ1) is 21.7. The lowest BCUT2D eigenvalue weighted by atomic mass is 10.0. The first kappa shape index (κ1) is 33.1. The Bertz CT molecular complexity index is 1650. The highest BCUT2D eigenvalue weighted by Crippen LogP contribution is 2.26. The van der Waals surface area contributed by atoms with Gasteiger partial charge < -0.3 is 19.7 Å². The lowest BCUT2D eigenvalue weighted by Gasteiger charge is -2.33. The predicted molar refractivity (Wildman–Crippen MR) is 176 cm³/mol. The number of methoxy groups -OCH3 is 1. The van der Waals surface area contributed by atoms with Gasteiger partial charge in [-0.25, -0.2) is 8.42 Å². The molecule has 0 saturated carbocycles. The SMILES string of the molecule is CCCNC(=O)C(Cc1ccccc1)N(Cc1cccc(OC)c1)C(=O)CN(c1ccc(Oc2ccccc2)cc1)S(C)(=O)=O. The van der Waals surface area contributed by atoms with Gasteiger partial charge in [0, 0.05) is 19.5 Å². The molecule has 0 spiro atoms. The van der Waals surface area contributed by atoms with Gasteiger partial charge >= 0.3 is 0 Å². The standard InChI is InChI=1S/C35H39N3O6S/c1-4-22-36-35(40)33(24-27-12-7-5-8-13-27)37(25-28-14-11-17-32(23-28)43-2)34(39)26-38(45(3,41)42)29-18-20-31(21-19-29)44-30-15-9-6-10-16-30/h5-21,23,33H,4,22,24-26H2,1-3H3,(H,36,40). The van der Waals surface area contributed by atoms with Crippen LogP contribution >= 0.6 is 0 Å². The molecule has 10 heteroatoms. The quantitative estimate of drug-likeness (QED) is 0.188. The van der Waals surface area contributed by atoms with E-state index in [-0.39, 0.29) is 18.9 Å². The summed E-state index contributed by atoms with van der Waals surface area (Å²) < 4.78 is 38.4. The van der Waals surface area contributed by atoms with E-state index in [4.69, 9.17) is 9.47 Å². The van der Waals surface area contributed by atoms with Crippen LogP contribution in [-0.2, 0) is 32.6 Å². The summed E-state index contributed by atoms with van der Waals surface area (Å²) >= 11 is 0. The topological polar surface area (TPSA) is 105 Å². The third-order valence-electron chi connectivity index (χ3n) is 7.09. The van der Waals surface area contributed by atoms with Crippen molar-refractivity contribution in [3.63, 3.8) is 0 Å². The smallest absolute Gasteiger partial charge is 0.244 e. The number of hydrogen-bond donors (Lipinski definition) is 1. The second-order valence-electron chi connectivity index (χ2n) is 10.5. The zero-order valence-electron chi connectivity index (χ0n) is 25.8. The minimum Gasteiger partial charge on any atom is -0.497 e. The Balaban J connectivity index is 1.68. The summed E-state index contributed by atoms with van der Waals surface area (Å²) in [7, 11) is -2.34. The summed E-state index contributed by atoms with van der Waals surface area (Å²) in [5.74, 6) is 0.913. The molecule has 0 fully saturated rings. The van der Waals surface area contributed by atoms with E-state index in [1.54, 1.807) is 43.5 Å². The summed E-state index contributed by atoms with van der Waals surface area (Å²) in [5, 5.41) is 2.93. The molecule has 9 nitrogen and oxygen atoms in total. The number of carbonyl (C=O) groups excluding carboxylic acids is 2. The van der Waals surface area contributed by atoms with Gasteiger partial charge in [0.1, 0.15) is 29.8 Å². The van der Waals surface area contributed by atoms with Crippen LogP contribution in [0.4, 0.5) is 5.69 Å². The Morgan fingerprint density at radius 2 is 1.40 bits per heavy atom. The van der Waals surface area contributed by atoms with Crippen molar-refractivity contribution >= 4 is 27.5 Å². The van der Waals surface area contributed by atoms with E-state index in [9.17, 15) is 18.0 Å². The molecule has 1 N–H and O–H groups in total. The molecule has 1 unspecified atom stereocenters. The molecule has 0 saturated heterocycles. The van der Waals surface area contributed by atoms with Gasteiger partial charge in [-0.1, -0.05) is 67.6 Å². The van der Waals surface area contributed by atoms with Crippen LogP contribution in [0.15, 0.2) is 109 Å². The van der Waals surface area contributed by atoms with Crippen LogP contribution in [0.25, 0.3) is 0 Å². The van der Waals surface area contributed by atoms with Crippen LogP contribution in [0.3, 0.4) is 0 Å². The summed E-state index contributed by atoms with van der Waals surface area (Å²) in [6.07, 6.45) is 2.02. The molecule has 0 aromatic heterocycles. The first-order valence-electron chi connectivity index (χ1n) is 14.7. The Kier molecular flexibility index (Phi) is 11.6. The van der Waals surface area contributed by atoms with Crippen LogP contribution in [0.2, 0.25) is 0 Å². The minimum absolute atomic E-state index is 0.0640. The molecule has 0 bridgehead atoms. The molecule has 0 aliphatic carbocycles. The van der Waals surface area contributed by atoms with Crippen molar-refractivity contribution in [2.24, 2.45) is 0 Å². The molecule has 1 atom stereocenters. The average Bonchev–Trinajstić information content (AvgIpc) is 3.05. The number of nitrogens with one attached hydrogen (secondary N) is 1. The summed E-state index contributed by atoms with van der Waals surface area (Å²) in [6.45, 7) is 1.95. The normalized spacial score (nSPS) is 11.7. The molecule has 236 valence electrons. The maximum absolute atomic E-state index is 14.2. The fourth-order valence-electron chi connectivity index (χ4n) is 4.81. The van der Waals surface area contributed by atoms with Crippen molar-refractivity contribution < 1.29 is 27.5 Å². The van der Waals surface area contributed by atoms with Crippen molar-refractivity contribution in [1.82, 2.24) is 10.2 Å². The van der Waals surface area contributed by atoms with Crippen molar-refractivity contribution in [1.29, 1.82) is 0 Å². The highest BCUT2D eigenvalue weighted by molar-refractivity contribution is 7.92. The average molecular weight is 630 g/mol. The van der Waals surface area contributed by atoms with E-state index >= 15 is 0 Å². The third kappa shape index (κ3) is 9.58. The molecule has 0 aliphatic rings. The van der Waals surface area contributed by atoms with E-state index in [1.807, 2.05) is 79.7 Å². The van der Waals surface area contributed by atoms with Crippen molar-refractivity contribution in [2.75, 3.05) is 30.8 Å². The maximum atomic E-state index is 14.2. The second-order valence-corrected chi connectivity index (χ2v) is 12.5. The van der Waals surface area contributed by atoms with Crippen molar-refractivity contribution in [2.45, 2.75) is 32.4 Å². The molecule has 0 radical (unpaired) electrons. The highest BCUT2D eigenvalue weighted by atomic mass is 32.2. The molecular weight excluding hydrogens is 590 g/mol. The van der Waals surface area contributed by atoms with Crippen LogP contribution in [0.5, 0.6) is 17.2 Å². The molecule has 4 aromatic carbocycles. The van der Waals surface area contributed by atoms with E-state index in [2.05, 4.69) is 5.32 Å². The second kappa shape index (κ2) is 15.8. The van der Waals surface area contributed by atoms with Crippen LogP contribution in [-0.4, -0.2) is 57.6 Å². The van der Waals surface area contributed by atoms with Gasteiger partial charge in [-0.15, -0.1) is 0 Å². The Morgan fingerprint density at radius 3 is 2.02 bits per heavy atom. The van der Waals surface area contributed by atoms with E-state index in [1.165, 1.54) is 4.90 Å². The molecule has 45 heavy (non-hydrogen) atoms. The zero-order chi connectivity index (χ0) is 32.2. The highest BCUT2D eigenvalue weighted by Gasteiger charge is 2.33. The number of sulfonamides is 1. The number of anilines is 1. The third-order valence-corrected chi connectivity index (χ3v) is 8.23. The lowest BCUT2D eigenvalue weighted by Crippen LogP contribution is -2.53. The number of para-hydroxylation sites is 1. The van der Waals surface area contributed by atoms with Crippen LogP contribution in [0.1, 0.15) is 24.5 Å². The summed E-state index contributed by atoms with van der Waals surface area (Å²) in [4.78, 5) is 29.3. The number of nitrogens with zero attached hydrogens (tertiary/aromatic N) is 2. The number of carbonyl (C=O) groups is 2. The molecule has 0 aliphatic heterocycles. The van der Waals surface area contributed by atoms with Crippen molar-refractivity contribution in [3.8, 4) is 17.2 Å². The van der Waals surface area contributed by atoms with Gasteiger partial charge in [0.15, 0.2) is 0 Å². The molecule has 2 amide bonds. The number of ether oxygens (including phenoxy) is 2. The van der Waals surface area contributed by atoms with Gasteiger partial charge in [-0.3, -0.25) is 13.9 Å². The molecule has 0 heterocycles. The number of hydrogen-bond acceptors (Lipinski definition) is 6. The predicted octanol–water partition coefficient (Wildman–Crippen LogP) is 5.42. The number of amides is 2. The van der Waals surface area contributed by atoms with Gasteiger partial charge in [0.25, 0.3) is 0 Å². The van der Waals surface area contributed by atoms with Crippen LogP contribution in [0, 0.1) is 0 Å². The minimum atomic E-state index is -3.90. The lowest BCUT2D eigenvalue weighted by molar-refractivity contribution is -0.140. The molecule has 4 rings (SSSR count). The number of benzene rings is 4.